The highest BCUT2D eigenvalue weighted by Crippen LogP contribution is 2.35. The quantitative estimate of drug-likeness (QED) is 0.105. The van der Waals surface area contributed by atoms with Crippen LogP contribution in [0.1, 0.15) is 74.7 Å². The van der Waals surface area contributed by atoms with Crippen LogP contribution in [0.5, 0.6) is 0 Å². The Morgan fingerprint density at radius 1 is 1.08 bits per heavy atom. The van der Waals surface area contributed by atoms with Gasteiger partial charge < -0.3 is 31.5 Å². The first-order valence-electron chi connectivity index (χ1n) is 13.0. The number of hydrogen-bond donors (Lipinski definition) is 6. The molecule has 0 fully saturated rings. The predicted molar refractivity (Wildman–Crippen MR) is 151 cm³/mol. The van der Waals surface area contributed by atoms with E-state index >= 15 is 0 Å². The maximum absolute atomic E-state index is 12.1. The summed E-state index contributed by atoms with van der Waals surface area (Å²) < 4.78 is 0. The van der Waals surface area contributed by atoms with Crippen LogP contribution < -0.4 is 11.1 Å². The number of aliphatic hydroxyl groups is 2. The van der Waals surface area contributed by atoms with Gasteiger partial charge in [-0.15, -0.1) is 11.8 Å². The summed E-state index contributed by atoms with van der Waals surface area (Å²) in [6.07, 6.45) is 11.6. The molecule has 0 aliphatic carbocycles. The van der Waals surface area contributed by atoms with Gasteiger partial charge in [-0.05, 0) is 43.2 Å². The third-order valence-corrected chi connectivity index (χ3v) is 7.21. The zero-order chi connectivity index (χ0) is 28.3. The predicted octanol–water partition coefficient (Wildman–Crippen LogP) is 3.51. The molecule has 1 aromatic carbocycles. The summed E-state index contributed by atoms with van der Waals surface area (Å²) in [6, 6.07) is 6.42. The molecule has 0 heterocycles. The van der Waals surface area contributed by atoms with Crippen LogP contribution in [0.4, 0.5) is 0 Å². The molecule has 0 saturated carbocycles. The monoisotopic (exact) mass is 550 g/mol. The number of hydrogen-bond acceptors (Lipinski definition) is 7. The van der Waals surface area contributed by atoms with Gasteiger partial charge in [0.05, 0.1) is 23.5 Å². The second-order valence-corrected chi connectivity index (χ2v) is 10.3. The first kappa shape index (κ1) is 33.4. The summed E-state index contributed by atoms with van der Waals surface area (Å²) in [5.41, 5.74) is 7.51. The number of nitrogens with one attached hydrogen (secondary N) is 1. The highest BCUT2D eigenvalue weighted by molar-refractivity contribution is 7.99. The summed E-state index contributed by atoms with van der Waals surface area (Å²) in [6.45, 7) is 1.63. The molecule has 7 N–H and O–H groups in total. The van der Waals surface area contributed by atoms with Crippen molar-refractivity contribution in [1.29, 1.82) is 0 Å². The summed E-state index contributed by atoms with van der Waals surface area (Å²) in [5.74, 6) is -2.61. The first-order chi connectivity index (χ1) is 18.1. The van der Waals surface area contributed by atoms with E-state index in [0.29, 0.717) is 6.42 Å². The molecule has 212 valence electrons. The van der Waals surface area contributed by atoms with Crippen LogP contribution in [-0.2, 0) is 14.4 Å². The Morgan fingerprint density at radius 2 is 1.84 bits per heavy atom. The molecule has 3 unspecified atom stereocenters. The van der Waals surface area contributed by atoms with Gasteiger partial charge >= 0.3 is 11.9 Å². The van der Waals surface area contributed by atoms with Crippen LogP contribution in [-0.4, -0.2) is 68.8 Å². The number of carbonyl (C=O) groups is 3. The van der Waals surface area contributed by atoms with Gasteiger partial charge in [0.2, 0.25) is 5.91 Å². The van der Waals surface area contributed by atoms with Crippen molar-refractivity contribution in [2.75, 3.05) is 12.3 Å². The van der Waals surface area contributed by atoms with Crippen molar-refractivity contribution in [2.45, 2.75) is 81.8 Å². The molecule has 0 bridgehead atoms. The van der Waals surface area contributed by atoms with Gasteiger partial charge in [0.1, 0.15) is 6.54 Å². The average Bonchev–Trinajstić information content (AvgIpc) is 2.88. The summed E-state index contributed by atoms with van der Waals surface area (Å²) >= 11 is 1.25. The number of unbranched alkanes of at least 4 members (excludes halogenated alkanes) is 3. The van der Waals surface area contributed by atoms with Crippen molar-refractivity contribution in [2.24, 2.45) is 5.73 Å². The lowest BCUT2D eigenvalue weighted by molar-refractivity contribution is -0.138. The van der Waals surface area contributed by atoms with Gasteiger partial charge in [0.25, 0.3) is 0 Å². The fraction of sp³-hybridized carbons (Fsp3) is 0.536. The maximum atomic E-state index is 12.1. The van der Waals surface area contributed by atoms with Crippen LogP contribution in [0.25, 0.3) is 6.08 Å². The molecular weight excluding hydrogens is 508 g/mol. The third kappa shape index (κ3) is 14.9. The summed E-state index contributed by atoms with van der Waals surface area (Å²) in [4.78, 5) is 33.7. The fourth-order valence-electron chi connectivity index (χ4n) is 3.63. The van der Waals surface area contributed by atoms with Crippen LogP contribution in [0.3, 0.4) is 0 Å². The first-order valence-corrected chi connectivity index (χ1v) is 14.1. The maximum Gasteiger partial charge on any atom is 0.322 e. The second-order valence-electron chi connectivity index (χ2n) is 9.12. The van der Waals surface area contributed by atoms with Crippen LogP contribution in [0, 0.1) is 0 Å². The van der Waals surface area contributed by atoms with Crippen molar-refractivity contribution in [3.8, 4) is 0 Å². The van der Waals surface area contributed by atoms with Crippen molar-refractivity contribution in [1.82, 2.24) is 5.32 Å². The highest BCUT2D eigenvalue weighted by Gasteiger charge is 2.25. The normalized spacial score (nSPS) is 14.8. The molecule has 0 spiro atoms. The van der Waals surface area contributed by atoms with Crippen molar-refractivity contribution < 1.29 is 34.8 Å². The topological polar surface area (TPSA) is 170 Å². The molecule has 4 atom stereocenters. The van der Waals surface area contributed by atoms with Gasteiger partial charge in [-0.1, -0.05) is 68.3 Å². The largest absolute Gasteiger partial charge is 0.481 e. The van der Waals surface area contributed by atoms with E-state index in [1.807, 2.05) is 36.4 Å². The van der Waals surface area contributed by atoms with Crippen molar-refractivity contribution in [3.05, 3.63) is 53.6 Å². The Balaban J connectivity index is 2.88. The number of carboxylic acid groups (broad SMARTS) is 2. The fourth-order valence-corrected chi connectivity index (χ4v) is 4.89. The van der Waals surface area contributed by atoms with E-state index < -0.39 is 47.9 Å². The molecule has 0 radical (unpaired) electrons. The minimum absolute atomic E-state index is 0.0702. The average molecular weight is 551 g/mol. The highest BCUT2D eigenvalue weighted by atomic mass is 32.2. The number of allylic oxidation sites excluding steroid dienone is 1. The van der Waals surface area contributed by atoms with E-state index in [1.165, 1.54) is 24.6 Å². The van der Waals surface area contributed by atoms with E-state index in [9.17, 15) is 24.6 Å². The lowest BCUT2D eigenvalue weighted by atomic mass is 10.0. The van der Waals surface area contributed by atoms with Gasteiger partial charge in [0, 0.05) is 12.2 Å². The Morgan fingerprint density at radius 3 is 2.53 bits per heavy atom. The lowest BCUT2D eigenvalue weighted by Crippen LogP contribution is -2.44. The minimum Gasteiger partial charge on any atom is -0.481 e. The molecule has 0 aromatic heterocycles. The third-order valence-electron chi connectivity index (χ3n) is 5.71. The van der Waals surface area contributed by atoms with Gasteiger partial charge in [-0.2, -0.15) is 0 Å². The molecule has 38 heavy (non-hydrogen) atoms. The smallest absolute Gasteiger partial charge is 0.322 e. The number of aliphatic carboxylic acids is 2. The number of nitrogens with two attached hydrogens (primary N) is 1. The van der Waals surface area contributed by atoms with Crippen LogP contribution >= 0.6 is 11.8 Å². The second kappa shape index (κ2) is 19.4. The Kier molecular flexibility index (Phi) is 17.0. The van der Waals surface area contributed by atoms with E-state index in [1.54, 1.807) is 6.08 Å². The molecule has 1 rings (SSSR count). The van der Waals surface area contributed by atoms with E-state index in [0.717, 1.165) is 24.0 Å². The van der Waals surface area contributed by atoms with Gasteiger partial charge in [-0.25, -0.2) is 0 Å². The molecule has 1 amide bonds. The number of aliphatic hydroxyl groups excluding tert-OH is 2. The molecule has 10 heteroatoms. The number of thioether (sulfide) groups is 1. The number of rotatable bonds is 20. The van der Waals surface area contributed by atoms with Crippen LogP contribution in [0.2, 0.25) is 0 Å². The Hall–Kier alpha value is -2.66. The number of benzene rings is 1. The van der Waals surface area contributed by atoms with E-state index in [-0.39, 0.29) is 25.0 Å². The summed E-state index contributed by atoms with van der Waals surface area (Å²) in [5, 5.41) is 40.6. The SMILES string of the molecule is CCCCCC=CCC(O)C=Cc1cccc(C(SC[C@H](N)C(=O)NCC(=O)O)C(O)CCCC(=O)O)c1. The molecule has 0 aliphatic rings. The lowest BCUT2D eigenvalue weighted by Gasteiger charge is -2.24. The van der Waals surface area contributed by atoms with E-state index in [4.69, 9.17) is 15.9 Å². The molecule has 1 aromatic rings. The Labute approximate surface area is 229 Å². The van der Waals surface area contributed by atoms with Crippen molar-refractivity contribution in [3.63, 3.8) is 0 Å². The number of carboxylic acids is 2. The zero-order valence-corrected chi connectivity index (χ0v) is 22.8. The number of carbonyl (C=O) groups excluding carboxylic acids is 1. The standard InChI is InChI=1S/C28H42N2O7S/c1-2-3-4-5-6-7-12-22(31)16-15-20-10-8-11-21(17-20)27(24(32)13-9-14-25(33)34)38-19-23(29)28(37)30-18-26(35)36/h6-8,10-11,15-17,22-24,27,31-32H,2-5,9,12-14,18-19,29H2,1H3,(H,30,37)(H,33,34)(H,35,36)/t22?,23-,24?,27?/m0/s1. The minimum atomic E-state index is -1.18. The Bertz CT molecular complexity index is 922. The molecule has 0 saturated heterocycles. The summed E-state index contributed by atoms with van der Waals surface area (Å²) in [7, 11) is 0. The molecule has 0 aliphatic heterocycles. The zero-order valence-electron chi connectivity index (χ0n) is 22.0. The van der Waals surface area contributed by atoms with Crippen LogP contribution in [0.15, 0.2) is 42.5 Å². The van der Waals surface area contributed by atoms with E-state index in [2.05, 4.69) is 18.3 Å². The van der Waals surface area contributed by atoms with Gasteiger partial charge in [-0.3, -0.25) is 14.4 Å². The van der Waals surface area contributed by atoms with Gasteiger partial charge in [0.15, 0.2) is 0 Å². The molecular formula is C28H42N2O7S. The van der Waals surface area contributed by atoms with Crippen molar-refractivity contribution >= 4 is 35.7 Å². The molecule has 9 nitrogen and oxygen atoms in total. The number of amides is 1.